The van der Waals surface area contributed by atoms with Crippen LogP contribution in [0, 0.1) is 0 Å². The van der Waals surface area contributed by atoms with Crippen LogP contribution in [-0.2, 0) is 0 Å². The fraction of sp³-hybridized carbons (Fsp3) is 0.409. The molecular formula is C22H25N7O4. The molecule has 33 heavy (non-hydrogen) atoms. The largest absolute Gasteiger partial charge is 0.488 e. The summed E-state index contributed by atoms with van der Waals surface area (Å²) in [5.41, 5.74) is 1.11. The van der Waals surface area contributed by atoms with Crippen molar-refractivity contribution in [2.75, 3.05) is 44.7 Å². The molecule has 5 heterocycles. The van der Waals surface area contributed by atoms with Gasteiger partial charge in [-0.1, -0.05) is 0 Å². The van der Waals surface area contributed by atoms with E-state index in [0.29, 0.717) is 35.9 Å². The number of anilines is 2. The van der Waals surface area contributed by atoms with Crippen molar-refractivity contribution >= 4 is 29.0 Å². The van der Waals surface area contributed by atoms with Gasteiger partial charge in [0.25, 0.3) is 11.8 Å². The summed E-state index contributed by atoms with van der Waals surface area (Å²) in [6.45, 7) is 2.51. The Hall–Kier alpha value is -3.73. The van der Waals surface area contributed by atoms with Gasteiger partial charge in [-0.05, 0) is 38.4 Å². The average molecular weight is 451 g/mol. The Morgan fingerprint density at radius 3 is 2.76 bits per heavy atom. The minimum atomic E-state index is -0.516. The summed E-state index contributed by atoms with van der Waals surface area (Å²) in [4.78, 5) is 45.9. The number of likely N-dealkylation sites (tertiary alicyclic amines) is 1. The van der Waals surface area contributed by atoms with Crippen LogP contribution in [-0.4, -0.2) is 75.7 Å². The first-order chi connectivity index (χ1) is 16.1. The minimum Gasteiger partial charge on any atom is -0.488 e. The molecule has 1 N–H and O–H groups in total. The highest BCUT2D eigenvalue weighted by atomic mass is 16.5. The lowest BCUT2D eigenvalue weighted by Crippen LogP contribution is -2.36. The molecule has 0 atom stereocenters. The van der Waals surface area contributed by atoms with E-state index in [9.17, 15) is 14.4 Å². The molecule has 11 heteroatoms. The number of aromatic nitrogens is 4. The number of piperidine rings is 1. The standard InChI is InChI=1S/C22H25N7O4/c1-23-14-19(30)29-22(32)28-8-5-16(12-18(28)25-29)27-9-10-33-17-11-15(13-24-20(17)27)21(31)26-6-3-2-4-7-26/h5,8,11-13,23H,2-4,6-7,9-10,14H2,1H3. The first-order valence-corrected chi connectivity index (χ1v) is 11.1. The summed E-state index contributed by atoms with van der Waals surface area (Å²) in [6.07, 6.45) is 6.38. The first kappa shape index (κ1) is 21.1. The number of fused-ring (bicyclic) bond motifs is 2. The molecule has 1 fully saturated rings. The number of pyridine rings is 2. The maximum atomic E-state index is 12.9. The van der Waals surface area contributed by atoms with Crippen molar-refractivity contribution in [1.29, 1.82) is 0 Å². The Morgan fingerprint density at radius 2 is 1.97 bits per heavy atom. The minimum absolute atomic E-state index is 0.00981. The Kier molecular flexibility index (Phi) is 5.55. The summed E-state index contributed by atoms with van der Waals surface area (Å²) in [5.74, 6) is 0.672. The van der Waals surface area contributed by atoms with E-state index in [1.54, 1.807) is 37.6 Å². The van der Waals surface area contributed by atoms with E-state index < -0.39 is 11.6 Å². The van der Waals surface area contributed by atoms with E-state index in [4.69, 9.17) is 4.74 Å². The number of carbonyl (C=O) groups excluding carboxylic acids is 2. The SMILES string of the molecule is CNCC(=O)n1nc2cc(N3CCOc4cc(C(=O)N5CCCCC5)cnc43)ccn2c1=O. The molecule has 0 spiro atoms. The van der Waals surface area contributed by atoms with E-state index in [0.717, 1.165) is 42.7 Å². The van der Waals surface area contributed by atoms with Crippen LogP contribution in [0.4, 0.5) is 11.5 Å². The van der Waals surface area contributed by atoms with Gasteiger partial charge in [0.1, 0.15) is 6.61 Å². The second kappa shape index (κ2) is 8.66. The van der Waals surface area contributed by atoms with Crippen molar-refractivity contribution < 1.29 is 14.3 Å². The third-order valence-electron chi connectivity index (χ3n) is 5.94. The highest BCUT2D eigenvalue weighted by Gasteiger charge is 2.25. The lowest BCUT2D eigenvalue weighted by atomic mass is 10.1. The molecule has 3 aromatic heterocycles. The third kappa shape index (κ3) is 3.84. The monoisotopic (exact) mass is 451 g/mol. The molecule has 0 saturated carbocycles. The van der Waals surface area contributed by atoms with Crippen LogP contribution in [0.25, 0.3) is 5.65 Å². The normalized spacial score (nSPS) is 15.9. The quantitative estimate of drug-likeness (QED) is 0.623. The van der Waals surface area contributed by atoms with Crippen LogP contribution in [0.2, 0.25) is 0 Å². The molecule has 0 aromatic carbocycles. The van der Waals surface area contributed by atoms with Crippen LogP contribution >= 0.6 is 0 Å². The summed E-state index contributed by atoms with van der Waals surface area (Å²) in [5, 5.41) is 6.91. The number of carbonyl (C=O) groups is 2. The number of hydrogen-bond acceptors (Lipinski definition) is 8. The predicted octanol–water partition coefficient (Wildman–Crippen LogP) is 0.907. The zero-order valence-electron chi connectivity index (χ0n) is 18.4. The third-order valence-corrected chi connectivity index (χ3v) is 5.94. The lowest BCUT2D eigenvalue weighted by molar-refractivity contribution is 0.0723. The fourth-order valence-electron chi connectivity index (χ4n) is 4.27. The molecule has 2 aliphatic heterocycles. The highest BCUT2D eigenvalue weighted by molar-refractivity contribution is 5.95. The van der Waals surface area contributed by atoms with Crippen molar-refractivity contribution in [1.82, 2.24) is 29.4 Å². The maximum absolute atomic E-state index is 12.9. The predicted molar refractivity (Wildman–Crippen MR) is 120 cm³/mol. The highest BCUT2D eigenvalue weighted by Crippen LogP contribution is 2.35. The molecule has 5 rings (SSSR count). The van der Waals surface area contributed by atoms with Gasteiger partial charge >= 0.3 is 5.69 Å². The Balaban J connectivity index is 1.45. The van der Waals surface area contributed by atoms with E-state index in [1.807, 2.05) is 9.80 Å². The van der Waals surface area contributed by atoms with Crippen molar-refractivity contribution in [3.8, 4) is 5.75 Å². The fourth-order valence-corrected chi connectivity index (χ4v) is 4.27. The second-order valence-corrected chi connectivity index (χ2v) is 8.13. The molecule has 0 bridgehead atoms. The van der Waals surface area contributed by atoms with Gasteiger partial charge in [0, 0.05) is 37.2 Å². The van der Waals surface area contributed by atoms with Gasteiger partial charge in [0.05, 0.1) is 18.7 Å². The van der Waals surface area contributed by atoms with Crippen LogP contribution in [0.1, 0.15) is 34.4 Å². The smallest absolute Gasteiger partial charge is 0.357 e. The average Bonchev–Trinajstić information content (AvgIpc) is 3.19. The van der Waals surface area contributed by atoms with Crippen LogP contribution in [0.3, 0.4) is 0 Å². The number of amides is 1. The van der Waals surface area contributed by atoms with Gasteiger partial charge in [0.15, 0.2) is 17.2 Å². The number of likely N-dealkylation sites (N-methyl/N-ethyl adjacent to an activating group) is 1. The zero-order chi connectivity index (χ0) is 22.9. The maximum Gasteiger partial charge on any atom is 0.357 e. The molecule has 0 radical (unpaired) electrons. The lowest BCUT2D eigenvalue weighted by Gasteiger charge is -2.31. The van der Waals surface area contributed by atoms with E-state index >= 15 is 0 Å². The summed E-state index contributed by atoms with van der Waals surface area (Å²) in [7, 11) is 1.63. The van der Waals surface area contributed by atoms with Crippen molar-refractivity contribution in [2.24, 2.45) is 0 Å². The van der Waals surface area contributed by atoms with Gasteiger partial charge in [-0.15, -0.1) is 9.78 Å². The number of ether oxygens (including phenoxy) is 1. The number of rotatable bonds is 4. The molecule has 3 aromatic rings. The van der Waals surface area contributed by atoms with Gasteiger partial charge in [-0.2, -0.15) is 0 Å². The number of hydrogen-bond donors (Lipinski definition) is 1. The molecule has 11 nitrogen and oxygen atoms in total. The van der Waals surface area contributed by atoms with E-state index in [-0.39, 0.29) is 12.5 Å². The molecule has 1 amide bonds. The Bertz CT molecular complexity index is 1280. The summed E-state index contributed by atoms with van der Waals surface area (Å²) in [6, 6.07) is 5.25. The van der Waals surface area contributed by atoms with Crippen molar-refractivity contribution in [3.05, 3.63) is 46.6 Å². The first-order valence-electron chi connectivity index (χ1n) is 11.1. The number of nitrogens with zero attached hydrogens (tertiary/aromatic N) is 6. The van der Waals surface area contributed by atoms with E-state index in [1.165, 1.54) is 4.40 Å². The molecule has 172 valence electrons. The van der Waals surface area contributed by atoms with Crippen LogP contribution in [0.5, 0.6) is 5.75 Å². The van der Waals surface area contributed by atoms with Gasteiger partial charge in [0.2, 0.25) is 0 Å². The second-order valence-electron chi connectivity index (χ2n) is 8.13. The van der Waals surface area contributed by atoms with Crippen LogP contribution in [0.15, 0.2) is 35.4 Å². The summed E-state index contributed by atoms with van der Waals surface area (Å²) >= 11 is 0. The molecule has 0 aliphatic carbocycles. The van der Waals surface area contributed by atoms with Crippen LogP contribution < -0.4 is 20.6 Å². The molecule has 0 unspecified atom stereocenters. The summed E-state index contributed by atoms with van der Waals surface area (Å²) < 4.78 is 8.01. The van der Waals surface area contributed by atoms with E-state index in [2.05, 4.69) is 15.4 Å². The van der Waals surface area contributed by atoms with Gasteiger partial charge < -0.3 is 19.9 Å². The topological polar surface area (TPSA) is 114 Å². The van der Waals surface area contributed by atoms with Gasteiger partial charge in [-0.25, -0.2) is 14.2 Å². The zero-order valence-corrected chi connectivity index (χ0v) is 18.4. The Labute approximate surface area is 189 Å². The molecular weight excluding hydrogens is 426 g/mol. The molecule has 1 saturated heterocycles. The van der Waals surface area contributed by atoms with Gasteiger partial charge in [-0.3, -0.25) is 9.59 Å². The van der Waals surface area contributed by atoms with Crippen molar-refractivity contribution in [3.63, 3.8) is 0 Å². The molecule has 2 aliphatic rings. The number of nitrogens with one attached hydrogen (secondary N) is 1. The Morgan fingerprint density at radius 1 is 1.15 bits per heavy atom. The van der Waals surface area contributed by atoms with Crippen molar-refractivity contribution in [2.45, 2.75) is 19.3 Å².